The van der Waals surface area contributed by atoms with E-state index in [2.05, 4.69) is 329 Å². The van der Waals surface area contributed by atoms with E-state index in [1.54, 1.807) is 9.13 Å². The highest BCUT2D eigenvalue weighted by Crippen LogP contribution is 2.58. The smallest absolute Gasteiger partial charge is 0.252 e. The lowest BCUT2D eigenvalue weighted by atomic mass is 9.33. The SMILES string of the molecule is [2H]c1c([2H])c([2H])c2c(c1[2H])c1c([2H])c(C(C)(C)C)c([2H])c([2H])c1n2-c1ccc2c(c1)N(c1c(-c3ccccc3)cc(C(C)(C)C)cc1-c1ccccc1)c1cc(-c3cc(C(C)(C)C)cc(C(C)(C)C)c3)cc3c1B2c1ccc(-n2c4c([2H])c([2H])c([2H])c([2H])c4c4c([2H])c(C(C)(C)C)c([2H])c([2H])c42)cc1N3c1c(-c2cc3ccccc3c3ccccc23)cc(C(C)(C)C)cc1-c1cc2ccccc2c2ccccc12. The van der Waals surface area contributed by atoms with E-state index < -0.39 is 69.4 Å². The first kappa shape index (κ1) is 66.7. The molecule has 22 rings (SSSR count). The first-order valence-corrected chi connectivity index (χ1v) is 45.3. The average Bonchev–Trinajstić information content (AvgIpc) is 1.61. The Morgan fingerprint density at radius 2 is 0.566 bits per heavy atom. The van der Waals surface area contributed by atoms with Crippen LogP contribution in [0.3, 0.4) is 0 Å². The van der Waals surface area contributed by atoms with Gasteiger partial charge in [-0.05, 0) is 268 Å². The minimum absolute atomic E-state index is 0.0304. The van der Waals surface area contributed by atoms with Gasteiger partial charge in [0.2, 0.25) is 0 Å². The molecule has 0 atom stereocenters. The first-order valence-electron chi connectivity index (χ1n) is 52.3. The maximum absolute atomic E-state index is 10.6. The van der Waals surface area contributed by atoms with E-state index in [0.29, 0.717) is 22.7 Å². The van der Waals surface area contributed by atoms with Crippen LogP contribution >= 0.6 is 0 Å². The quantitative estimate of drug-likeness (QED) is 0.106. The second-order valence-electron chi connectivity index (χ2n) is 41.8. The van der Waals surface area contributed by atoms with E-state index in [0.717, 1.165) is 160 Å². The first-order chi connectivity index (χ1) is 67.6. The van der Waals surface area contributed by atoms with Crippen LogP contribution in [-0.2, 0) is 32.5 Å². The van der Waals surface area contributed by atoms with Gasteiger partial charge in [0.1, 0.15) is 0 Å². The summed E-state index contributed by atoms with van der Waals surface area (Å²) in [6, 6.07) is 89.4. The Hall–Kier alpha value is -13.7. The van der Waals surface area contributed by atoms with Crippen LogP contribution in [-0.4, -0.2) is 15.8 Å². The molecule has 4 heterocycles. The number of aromatic nitrogens is 2. The molecule has 5 heteroatoms. The lowest BCUT2D eigenvalue weighted by Gasteiger charge is -2.46. The highest BCUT2D eigenvalue weighted by molar-refractivity contribution is 7.00. The van der Waals surface area contributed by atoms with Gasteiger partial charge in [-0.25, -0.2) is 0 Å². The molecular formula is C124H111BN4. The van der Waals surface area contributed by atoms with Gasteiger partial charge >= 0.3 is 0 Å². The van der Waals surface area contributed by atoms with Crippen molar-refractivity contribution in [3.05, 3.63) is 379 Å². The molecule has 0 radical (unpaired) electrons. The zero-order valence-corrected chi connectivity index (χ0v) is 76.7. The summed E-state index contributed by atoms with van der Waals surface area (Å²) in [5.74, 6) is 0. The monoisotopic (exact) mass is 1680 g/mol. The van der Waals surface area contributed by atoms with E-state index in [1.807, 2.05) is 65.8 Å². The van der Waals surface area contributed by atoms with E-state index in [9.17, 15) is 19.2 Å². The largest absolute Gasteiger partial charge is 0.310 e. The number of benzene rings is 18. The van der Waals surface area contributed by atoms with Crippen molar-refractivity contribution in [2.75, 3.05) is 9.80 Å². The second-order valence-corrected chi connectivity index (χ2v) is 41.8. The second kappa shape index (κ2) is 29.4. The zero-order valence-electron chi connectivity index (χ0n) is 90.7. The number of rotatable bonds is 9. The lowest BCUT2D eigenvalue weighted by Crippen LogP contribution is -2.61. The molecule has 0 N–H and O–H groups in total. The molecule has 129 heavy (non-hydrogen) atoms. The fourth-order valence-electron chi connectivity index (χ4n) is 20.1. The molecule has 0 unspecified atom stereocenters. The Kier molecular flexibility index (Phi) is 15.2. The maximum Gasteiger partial charge on any atom is 0.252 e. The van der Waals surface area contributed by atoms with Crippen molar-refractivity contribution in [2.24, 2.45) is 0 Å². The summed E-state index contributed by atoms with van der Waals surface area (Å²) in [7, 11) is 0. The Balaban J connectivity index is 1.02. The molecule has 2 aromatic heterocycles. The predicted octanol–water partition coefficient (Wildman–Crippen LogP) is 32.7. The van der Waals surface area contributed by atoms with Gasteiger partial charge < -0.3 is 18.9 Å². The predicted molar refractivity (Wildman–Crippen MR) is 559 cm³/mol. The summed E-state index contributed by atoms with van der Waals surface area (Å²) in [6.45, 7) is 37.7. The van der Waals surface area contributed by atoms with Crippen LogP contribution in [0.5, 0.6) is 0 Å². The van der Waals surface area contributed by atoms with Crippen molar-refractivity contribution in [1.29, 1.82) is 0 Å². The molecule has 0 fully saturated rings. The highest BCUT2D eigenvalue weighted by atomic mass is 15.2. The fourth-order valence-corrected chi connectivity index (χ4v) is 20.1. The van der Waals surface area contributed by atoms with Gasteiger partial charge in [-0.15, -0.1) is 0 Å². The van der Waals surface area contributed by atoms with Crippen LogP contribution in [0.15, 0.2) is 345 Å². The van der Waals surface area contributed by atoms with Crippen LogP contribution in [0.1, 0.15) is 177 Å². The number of hydrogen-bond donors (Lipinski definition) is 0. The van der Waals surface area contributed by atoms with E-state index in [1.165, 1.54) is 0 Å². The minimum atomic E-state index is -0.883. The number of fused-ring (bicyclic) bond motifs is 16. The summed E-state index contributed by atoms with van der Waals surface area (Å²) in [6.07, 6.45) is 0. The Labute approximate surface area is 780 Å². The fraction of sp³-hybridized carbons (Fsp3) is 0.194. The van der Waals surface area contributed by atoms with Gasteiger partial charge in [0, 0.05) is 77.9 Å². The molecule has 630 valence electrons. The molecule has 0 spiro atoms. The molecule has 0 amide bonds. The van der Waals surface area contributed by atoms with E-state index in [4.69, 9.17) is 0 Å². The standard InChI is InChI=1S/C124H111BN4/c1-119(2,3)82-53-59-110-102(68-82)96-49-33-35-51-108(96)126(110)88-55-57-106-112(74-88)128(117-98(76-37-21-19-22-38-76)70-86(123(13,14)15)71-99(117)77-39-23-20-24-40-77)114-65-81(80-61-84(121(7,8)9)67-85(62-80)122(10,11)12)66-115-116(114)125(106)107-58-56-89(127-109-52-36-34-50-97(109)103-69-83(120(4,5)6)54-60-111(103)127)75-113(107)129(115)118-104(100-63-78-41-25-27-43-90(78)92-45-29-31-47-94(92)100)72-87(124(16,17)18)73-105(118)101-64-79-42-26-28-44-91(79)93-46-30-32-48-95(93)101/h19-75H,1-18H3/i33D,34D,35D,36D,49D,50D,51D,52D,53D,54D,59D,60D,68D,69D. The Morgan fingerprint density at radius 3 is 0.969 bits per heavy atom. The summed E-state index contributed by atoms with van der Waals surface area (Å²) in [4.78, 5) is 4.94. The summed E-state index contributed by atoms with van der Waals surface area (Å²) >= 11 is 0. The third-order valence-corrected chi connectivity index (χ3v) is 27.1. The number of para-hydroxylation sites is 2. The van der Waals surface area contributed by atoms with Crippen LogP contribution < -0.4 is 26.2 Å². The highest BCUT2D eigenvalue weighted by Gasteiger charge is 2.47. The third-order valence-electron chi connectivity index (χ3n) is 27.1. The van der Waals surface area contributed by atoms with Crippen molar-refractivity contribution in [3.8, 4) is 67.0 Å². The molecule has 2 aliphatic heterocycles. The number of nitrogens with zero attached hydrogens (tertiary/aromatic N) is 4. The van der Waals surface area contributed by atoms with Crippen molar-refractivity contribution >= 4 is 144 Å². The lowest BCUT2D eigenvalue weighted by molar-refractivity contribution is 0.569. The molecule has 0 aliphatic carbocycles. The van der Waals surface area contributed by atoms with E-state index in [-0.39, 0.29) is 109 Å². The minimum Gasteiger partial charge on any atom is -0.310 e. The third kappa shape index (κ3) is 13.4. The topological polar surface area (TPSA) is 16.3 Å². The van der Waals surface area contributed by atoms with Crippen molar-refractivity contribution in [1.82, 2.24) is 9.13 Å². The molecular weight excluding hydrogens is 1560 g/mol. The van der Waals surface area contributed by atoms with Gasteiger partial charge in [-0.3, -0.25) is 0 Å². The molecule has 4 nitrogen and oxygen atoms in total. The maximum atomic E-state index is 10.6. The van der Waals surface area contributed by atoms with Gasteiger partial charge in [0.15, 0.2) is 0 Å². The van der Waals surface area contributed by atoms with Crippen LogP contribution in [0.2, 0.25) is 0 Å². The normalized spacial score (nSPS) is 14.8. The molecule has 18 aromatic carbocycles. The van der Waals surface area contributed by atoms with Crippen LogP contribution in [0, 0.1) is 0 Å². The number of hydrogen-bond acceptors (Lipinski definition) is 2. The van der Waals surface area contributed by atoms with Gasteiger partial charge in [0.25, 0.3) is 6.71 Å². The van der Waals surface area contributed by atoms with Crippen molar-refractivity contribution < 1.29 is 19.2 Å². The number of anilines is 6. The molecule has 0 saturated heterocycles. The zero-order chi connectivity index (χ0) is 101. The summed E-state index contributed by atoms with van der Waals surface area (Å²) < 4.78 is 145. The molecule has 20 aromatic rings. The van der Waals surface area contributed by atoms with Gasteiger partial charge in [-0.1, -0.05) is 361 Å². The summed E-state index contributed by atoms with van der Waals surface area (Å²) in [5, 5.41) is 8.60. The van der Waals surface area contributed by atoms with E-state index >= 15 is 0 Å². The Morgan fingerprint density at radius 1 is 0.233 bits per heavy atom. The van der Waals surface area contributed by atoms with Crippen molar-refractivity contribution in [3.63, 3.8) is 0 Å². The van der Waals surface area contributed by atoms with Crippen LogP contribution in [0.25, 0.3) is 154 Å². The molecule has 2 aliphatic rings. The summed E-state index contributed by atoms with van der Waals surface area (Å²) in [5.41, 5.74) is 18.0. The molecule has 0 bridgehead atoms. The van der Waals surface area contributed by atoms with Gasteiger partial charge in [0.05, 0.1) is 52.6 Å². The Bertz CT molecular complexity index is 8730. The average molecular weight is 1680 g/mol. The van der Waals surface area contributed by atoms with Crippen LogP contribution in [0.4, 0.5) is 34.1 Å². The molecule has 0 saturated carbocycles. The van der Waals surface area contributed by atoms with Crippen molar-refractivity contribution in [2.45, 2.75) is 157 Å². The van der Waals surface area contributed by atoms with Gasteiger partial charge in [-0.2, -0.15) is 0 Å².